The summed E-state index contributed by atoms with van der Waals surface area (Å²) in [5.41, 5.74) is 0.726. The van der Waals surface area contributed by atoms with Crippen molar-refractivity contribution in [3.8, 4) is 0 Å². The van der Waals surface area contributed by atoms with Crippen LogP contribution < -0.4 is 10.6 Å². The predicted octanol–water partition coefficient (Wildman–Crippen LogP) is 0.991. The standard InChI is InChI=1S/C20H21N3O6S/c1-29-20(26)14-7-9-15(10-8-14)22-18(24)13-17-19(25)21-11-12-23(17)30(27,28)16-5-3-2-4-6-16/h2-10,17H,11-13H2,1H3,(H,21,25)(H,22,24)/t17-/m0/s1. The molecule has 2 amide bonds. The number of esters is 1. The number of anilines is 1. The number of rotatable bonds is 6. The third-order valence-electron chi connectivity index (χ3n) is 4.60. The molecule has 1 saturated heterocycles. The molecular weight excluding hydrogens is 410 g/mol. The van der Waals surface area contributed by atoms with Gasteiger partial charge in [0, 0.05) is 18.8 Å². The van der Waals surface area contributed by atoms with E-state index in [0.29, 0.717) is 11.3 Å². The minimum atomic E-state index is -3.94. The first kappa shape index (κ1) is 21.5. The van der Waals surface area contributed by atoms with Crippen molar-refractivity contribution >= 4 is 33.5 Å². The van der Waals surface area contributed by atoms with E-state index in [4.69, 9.17) is 0 Å². The molecule has 158 valence electrons. The van der Waals surface area contributed by atoms with Crippen LogP contribution in [0.4, 0.5) is 5.69 Å². The SMILES string of the molecule is COC(=O)c1ccc(NC(=O)C[C@H]2C(=O)NCCN2S(=O)(=O)c2ccccc2)cc1. The van der Waals surface area contributed by atoms with E-state index in [9.17, 15) is 22.8 Å². The monoisotopic (exact) mass is 431 g/mol. The van der Waals surface area contributed by atoms with E-state index in [1.54, 1.807) is 18.2 Å². The fraction of sp³-hybridized carbons (Fsp3) is 0.250. The maximum absolute atomic E-state index is 13.0. The second-order valence-corrected chi connectivity index (χ2v) is 8.45. The molecule has 2 aromatic rings. The molecule has 0 aliphatic carbocycles. The summed E-state index contributed by atoms with van der Waals surface area (Å²) in [7, 11) is -2.67. The number of sulfonamides is 1. The fourth-order valence-electron chi connectivity index (χ4n) is 3.10. The Morgan fingerprint density at radius 2 is 1.80 bits per heavy atom. The molecule has 30 heavy (non-hydrogen) atoms. The number of ether oxygens (including phenoxy) is 1. The minimum absolute atomic E-state index is 0.0588. The molecule has 0 bridgehead atoms. The molecule has 1 aliphatic heterocycles. The van der Waals surface area contributed by atoms with Gasteiger partial charge in [0.15, 0.2) is 0 Å². The van der Waals surface area contributed by atoms with Gasteiger partial charge in [-0.25, -0.2) is 13.2 Å². The molecule has 2 N–H and O–H groups in total. The average molecular weight is 431 g/mol. The lowest BCUT2D eigenvalue weighted by Crippen LogP contribution is -2.57. The summed E-state index contributed by atoms with van der Waals surface area (Å²) < 4.78 is 31.6. The number of nitrogens with zero attached hydrogens (tertiary/aromatic N) is 1. The third kappa shape index (κ3) is 4.66. The number of benzene rings is 2. The molecule has 0 aromatic heterocycles. The van der Waals surface area contributed by atoms with Crippen molar-refractivity contribution in [2.75, 3.05) is 25.5 Å². The first-order chi connectivity index (χ1) is 14.3. The van der Waals surface area contributed by atoms with Crippen molar-refractivity contribution in [3.05, 3.63) is 60.2 Å². The number of piperazine rings is 1. The Morgan fingerprint density at radius 1 is 1.13 bits per heavy atom. The Hall–Kier alpha value is -3.24. The fourth-order valence-corrected chi connectivity index (χ4v) is 4.71. The van der Waals surface area contributed by atoms with Crippen LogP contribution in [0.15, 0.2) is 59.5 Å². The number of carbonyl (C=O) groups is 3. The third-order valence-corrected chi connectivity index (χ3v) is 6.52. The molecule has 2 aromatic carbocycles. The lowest BCUT2D eigenvalue weighted by atomic mass is 10.1. The van der Waals surface area contributed by atoms with E-state index in [2.05, 4.69) is 15.4 Å². The van der Waals surface area contributed by atoms with Crippen molar-refractivity contribution in [2.24, 2.45) is 0 Å². The quantitative estimate of drug-likeness (QED) is 0.658. The summed E-state index contributed by atoms with van der Waals surface area (Å²) in [6.07, 6.45) is -0.351. The van der Waals surface area contributed by atoms with Crippen LogP contribution in [0.5, 0.6) is 0 Å². The van der Waals surface area contributed by atoms with Gasteiger partial charge >= 0.3 is 5.97 Å². The highest BCUT2D eigenvalue weighted by Gasteiger charge is 2.39. The Balaban J connectivity index is 1.74. The Bertz CT molecular complexity index is 1040. The van der Waals surface area contributed by atoms with Crippen LogP contribution in [0.2, 0.25) is 0 Å². The van der Waals surface area contributed by atoms with E-state index in [1.165, 1.54) is 43.5 Å². The van der Waals surface area contributed by atoms with E-state index < -0.39 is 33.8 Å². The first-order valence-corrected chi connectivity index (χ1v) is 10.6. The molecule has 3 rings (SSSR count). The van der Waals surface area contributed by atoms with Crippen molar-refractivity contribution < 1.29 is 27.5 Å². The Morgan fingerprint density at radius 3 is 2.43 bits per heavy atom. The molecule has 0 spiro atoms. The van der Waals surface area contributed by atoms with Crippen LogP contribution in [0, 0.1) is 0 Å². The maximum Gasteiger partial charge on any atom is 0.337 e. The topological polar surface area (TPSA) is 122 Å². The molecule has 0 radical (unpaired) electrons. The van der Waals surface area contributed by atoms with Crippen LogP contribution in [0.3, 0.4) is 0 Å². The number of methoxy groups -OCH3 is 1. The summed E-state index contributed by atoms with van der Waals surface area (Å²) >= 11 is 0. The van der Waals surface area contributed by atoms with Gasteiger partial charge in [-0.2, -0.15) is 4.31 Å². The zero-order chi connectivity index (χ0) is 21.7. The van der Waals surface area contributed by atoms with Gasteiger partial charge in [-0.05, 0) is 36.4 Å². The van der Waals surface area contributed by atoms with Crippen molar-refractivity contribution in [2.45, 2.75) is 17.4 Å². The summed E-state index contributed by atoms with van der Waals surface area (Å²) in [5, 5.41) is 5.22. The smallest absolute Gasteiger partial charge is 0.337 e. The molecule has 9 nitrogen and oxygen atoms in total. The number of carbonyl (C=O) groups excluding carboxylic acids is 3. The van der Waals surface area contributed by atoms with Crippen molar-refractivity contribution in [1.82, 2.24) is 9.62 Å². The zero-order valence-corrected chi connectivity index (χ0v) is 17.0. The van der Waals surface area contributed by atoms with Gasteiger partial charge < -0.3 is 15.4 Å². The molecule has 1 fully saturated rings. The molecule has 1 heterocycles. The highest BCUT2D eigenvalue weighted by Crippen LogP contribution is 2.22. The Kier molecular flexibility index (Phi) is 6.48. The van der Waals surface area contributed by atoms with Gasteiger partial charge in [0.05, 0.1) is 24.0 Å². The largest absolute Gasteiger partial charge is 0.465 e. The summed E-state index contributed by atoms with van der Waals surface area (Å²) in [6.45, 7) is 0.229. The number of amides is 2. The molecule has 1 atom stereocenters. The van der Waals surface area contributed by atoms with E-state index in [-0.39, 0.29) is 24.4 Å². The summed E-state index contributed by atoms with van der Waals surface area (Å²) in [6, 6.07) is 12.6. The normalized spacial score (nSPS) is 17.1. The van der Waals surface area contributed by atoms with E-state index in [0.717, 1.165) is 4.31 Å². The number of hydrogen-bond acceptors (Lipinski definition) is 6. The molecule has 0 unspecified atom stereocenters. The van der Waals surface area contributed by atoms with Crippen LogP contribution in [-0.4, -0.2) is 56.7 Å². The van der Waals surface area contributed by atoms with E-state index >= 15 is 0 Å². The minimum Gasteiger partial charge on any atom is -0.465 e. The first-order valence-electron chi connectivity index (χ1n) is 9.16. The van der Waals surface area contributed by atoms with Crippen LogP contribution in [0.1, 0.15) is 16.8 Å². The van der Waals surface area contributed by atoms with Crippen LogP contribution >= 0.6 is 0 Å². The van der Waals surface area contributed by atoms with Gasteiger partial charge in [0.2, 0.25) is 21.8 Å². The van der Waals surface area contributed by atoms with E-state index in [1.807, 2.05) is 0 Å². The van der Waals surface area contributed by atoms with Crippen molar-refractivity contribution in [1.29, 1.82) is 0 Å². The Labute approximate surface area is 174 Å². The van der Waals surface area contributed by atoms with Gasteiger partial charge in [-0.1, -0.05) is 18.2 Å². The number of hydrogen-bond donors (Lipinski definition) is 2. The molecule has 1 aliphatic rings. The highest BCUT2D eigenvalue weighted by atomic mass is 32.2. The van der Waals surface area contributed by atoms with Gasteiger partial charge in [-0.3, -0.25) is 9.59 Å². The van der Waals surface area contributed by atoms with Crippen LogP contribution in [-0.2, 0) is 24.3 Å². The second kappa shape index (κ2) is 9.06. The zero-order valence-electron chi connectivity index (χ0n) is 16.2. The maximum atomic E-state index is 13.0. The summed E-state index contributed by atoms with van der Waals surface area (Å²) in [4.78, 5) is 36.4. The van der Waals surface area contributed by atoms with Crippen molar-refractivity contribution in [3.63, 3.8) is 0 Å². The lowest BCUT2D eigenvalue weighted by molar-refractivity contribution is -0.130. The second-order valence-electron chi connectivity index (χ2n) is 6.56. The molecule has 10 heteroatoms. The predicted molar refractivity (Wildman–Crippen MR) is 108 cm³/mol. The van der Waals surface area contributed by atoms with Gasteiger partial charge in [-0.15, -0.1) is 0 Å². The van der Waals surface area contributed by atoms with Gasteiger partial charge in [0.25, 0.3) is 0 Å². The van der Waals surface area contributed by atoms with Crippen LogP contribution in [0.25, 0.3) is 0 Å². The summed E-state index contributed by atoms with van der Waals surface area (Å²) in [5.74, 6) is -1.57. The number of nitrogens with one attached hydrogen (secondary N) is 2. The lowest BCUT2D eigenvalue weighted by Gasteiger charge is -2.33. The average Bonchev–Trinajstić information content (AvgIpc) is 2.75. The molecule has 0 saturated carbocycles. The molecular formula is C20H21N3O6S. The van der Waals surface area contributed by atoms with Gasteiger partial charge in [0.1, 0.15) is 6.04 Å². The highest BCUT2D eigenvalue weighted by molar-refractivity contribution is 7.89.